The lowest BCUT2D eigenvalue weighted by atomic mass is 9.76. The maximum atomic E-state index is 12.0. The summed E-state index contributed by atoms with van der Waals surface area (Å²) in [6, 6.07) is 7.20. The topological polar surface area (TPSA) is 55.1 Å². The van der Waals surface area contributed by atoms with Gasteiger partial charge < -0.3 is 11.1 Å². The summed E-state index contributed by atoms with van der Waals surface area (Å²) in [4.78, 5) is 12.0. The van der Waals surface area contributed by atoms with Crippen molar-refractivity contribution in [3.63, 3.8) is 0 Å². The molecule has 1 unspecified atom stereocenters. The van der Waals surface area contributed by atoms with Gasteiger partial charge in [0.2, 0.25) is 5.91 Å². The molecule has 1 aromatic carbocycles. The summed E-state index contributed by atoms with van der Waals surface area (Å²) in [6.45, 7) is 7.25. The van der Waals surface area contributed by atoms with Gasteiger partial charge in [-0.3, -0.25) is 4.79 Å². The van der Waals surface area contributed by atoms with Crippen LogP contribution in [0, 0.1) is 11.3 Å². The SMILES string of the molecule is CC(C)(C)C(CCN)CCC(=O)Nc1cccc(Cl)c1. The van der Waals surface area contributed by atoms with Crippen molar-refractivity contribution in [1.82, 2.24) is 0 Å². The molecule has 0 aliphatic carbocycles. The van der Waals surface area contributed by atoms with Crippen LogP contribution in [0.15, 0.2) is 24.3 Å². The number of benzene rings is 1. The molecule has 0 heterocycles. The highest BCUT2D eigenvalue weighted by Crippen LogP contribution is 2.32. The van der Waals surface area contributed by atoms with E-state index in [0.717, 1.165) is 18.5 Å². The van der Waals surface area contributed by atoms with Gasteiger partial charge in [-0.2, -0.15) is 0 Å². The molecule has 3 nitrogen and oxygen atoms in total. The van der Waals surface area contributed by atoms with Crippen molar-refractivity contribution in [2.24, 2.45) is 17.1 Å². The molecule has 1 atom stereocenters. The van der Waals surface area contributed by atoms with Crippen molar-refractivity contribution in [2.75, 3.05) is 11.9 Å². The Morgan fingerprint density at radius 2 is 2.05 bits per heavy atom. The number of nitrogens with one attached hydrogen (secondary N) is 1. The molecule has 0 saturated heterocycles. The molecule has 0 saturated carbocycles. The lowest BCUT2D eigenvalue weighted by Gasteiger charge is -2.30. The third-order valence-electron chi connectivity index (χ3n) is 3.57. The number of amides is 1. The molecular weight excluding hydrogens is 272 g/mol. The second-order valence-corrected chi connectivity index (χ2v) is 6.67. The number of carbonyl (C=O) groups is 1. The number of anilines is 1. The highest BCUT2D eigenvalue weighted by atomic mass is 35.5. The van der Waals surface area contributed by atoms with Gasteiger partial charge in [-0.05, 0) is 48.9 Å². The second kappa shape index (κ2) is 7.65. The van der Waals surface area contributed by atoms with Crippen LogP contribution in [-0.2, 0) is 4.79 Å². The standard InChI is InChI=1S/C16H25ClN2O/c1-16(2,3)12(9-10-18)7-8-15(20)19-14-6-4-5-13(17)11-14/h4-6,11-12H,7-10,18H2,1-3H3,(H,19,20). The Labute approximate surface area is 126 Å². The quantitative estimate of drug-likeness (QED) is 0.831. The average Bonchev–Trinajstić information content (AvgIpc) is 2.33. The second-order valence-electron chi connectivity index (χ2n) is 6.24. The number of carbonyl (C=O) groups excluding carboxylic acids is 1. The van der Waals surface area contributed by atoms with E-state index in [1.807, 2.05) is 12.1 Å². The summed E-state index contributed by atoms with van der Waals surface area (Å²) in [5.41, 5.74) is 6.58. The van der Waals surface area contributed by atoms with E-state index in [-0.39, 0.29) is 11.3 Å². The van der Waals surface area contributed by atoms with E-state index in [9.17, 15) is 4.79 Å². The van der Waals surface area contributed by atoms with Crippen molar-refractivity contribution in [3.8, 4) is 0 Å². The Morgan fingerprint density at radius 3 is 2.60 bits per heavy atom. The first kappa shape index (κ1) is 17.0. The fourth-order valence-electron chi connectivity index (χ4n) is 2.31. The van der Waals surface area contributed by atoms with Gasteiger partial charge in [-0.15, -0.1) is 0 Å². The Kier molecular flexibility index (Phi) is 6.50. The van der Waals surface area contributed by atoms with Gasteiger partial charge >= 0.3 is 0 Å². The fraction of sp³-hybridized carbons (Fsp3) is 0.562. The normalized spacial score (nSPS) is 13.1. The largest absolute Gasteiger partial charge is 0.330 e. The summed E-state index contributed by atoms with van der Waals surface area (Å²) < 4.78 is 0. The molecule has 0 aromatic heterocycles. The Hall–Kier alpha value is -1.06. The Morgan fingerprint density at radius 1 is 1.35 bits per heavy atom. The smallest absolute Gasteiger partial charge is 0.224 e. The number of nitrogens with two attached hydrogens (primary N) is 1. The Balaban J connectivity index is 2.50. The predicted molar refractivity (Wildman–Crippen MR) is 85.9 cm³/mol. The minimum atomic E-state index is 0.0264. The van der Waals surface area contributed by atoms with Crippen molar-refractivity contribution >= 4 is 23.2 Å². The molecule has 112 valence electrons. The van der Waals surface area contributed by atoms with E-state index < -0.39 is 0 Å². The summed E-state index contributed by atoms with van der Waals surface area (Å²) in [6.07, 6.45) is 2.31. The van der Waals surface area contributed by atoms with Crippen LogP contribution in [-0.4, -0.2) is 12.5 Å². The molecule has 0 aliphatic heterocycles. The first-order valence-corrected chi connectivity index (χ1v) is 7.46. The molecule has 0 bridgehead atoms. The van der Waals surface area contributed by atoms with Crippen LogP contribution < -0.4 is 11.1 Å². The third kappa shape index (κ3) is 5.93. The minimum absolute atomic E-state index is 0.0264. The first-order chi connectivity index (χ1) is 9.32. The van der Waals surface area contributed by atoms with Crippen molar-refractivity contribution in [1.29, 1.82) is 0 Å². The molecule has 0 spiro atoms. The van der Waals surface area contributed by atoms with Gasteiger partial charge in [0, 0.05) is 17.1 Å². The van der Waals surface area contributed by atoms with Gasteiger partial charge in [0.25, 0.3) is 0 Å². The lowest BCUT2D eigenvalue weighted by Crippen LogP contribution is -2.25. The summed E-state index contributed by atoms with van der Waals surface area (Å²) in [7, 11) is 0. The zero-order chi connectivity index (χ0) is 15.2. The van der Waals surface area contributed by atoms with Crippen molar-refractivity contribution < 1.29 is 4.79 Å². The molecule has 0 aliphatic rings. The van der Waals surface area contributed by atoms with Crippen LogP contribution >= 0.6 is 11.6 Å². The van der Waals surface area contributed by atoms with Crippen LogP contribution in [0.2, 0.25) is 5.02 Å². The molecule has 4 heteroatoms. The number of hydrogen-bond acceptors (Lipinski definition) is 2. The van der Waals surface area contributed by atoms with E-state index in [1.165, 1.54) is 0 Å². The van der Waals surface area contributed by atoms with Crippen LogP contribution in [0.3, 0.4) is 0 Å². The molecule has 1 rings (SSSR count). The summed E-state index contributed by atoms with van der Waals surface area (Å²) in [5.74, 6) is 0.483. The molecular formula is C16H25ClN2O. The zero-order valence-electron chi connectivity index (χ0n) is 12.6. The maximum absolute atomic E-state index is 12.0. The molecule has 0 fully saturated rings. The number of rotatable bonds is 6. The van der Waals surface area contributed by atoms with E-state index in [1.54, 1.807) is 12.1 Å². The van der Waals surface area contributed by atoms with Gasteiger partial charge in [-0.1, -0.05) is 38.4 Å². The van der Waals surface area contributed by atoms with E-state index in [0.29, 0.717) is 23.9 Å². The van der Waals surface area contributed by atoms with E-state index in [4.69, 9.17) is 17.3 Å². The Bertz CT molecular complexity index is 440. The van der Waals surface area contributed by atoms with Gasteiger partial charge in [0.15, 0.2) is 0 Å². The summed E-state index contributed by atoms with van der Waals surface area (Å²) >= 11 is 5.89. The fourth-order valence-corrected chi connectivity index (χ4v) is 2.50. The zero-order valence-corrected chi connectivity index (χ0v) is 13.3. The minimum Gasteiger partial charge on any atom is -0.330 e. The molecule has 1 aromatic rings. The molecule has 20 heavy (non-hydrogen) atoms. The van der Waals surface area contributed by atoms with Crippen LogP contribution in [0.25, 0.3) is 0 Å². The average molecular weight is 297 g/mol. The van der Waals surface area contributed by atoms with Crippen LogP contribution in [0.5, 0.6) is 0 Å². The number of halogens is 1. The monoisotopic (exact) mass is 296 g/mol. The van der Waals surface area contributed by atoms with E-state index >= 15 is 0 Å². The summed E-state index contributed by atoms with van der Waals surface area (Å²) in [5, 5.41) is 3.50. The van der Waals surface area contributed by atoms with Crippen LogP contribution in [0.1, 0.15) is 40.0 Å². The molecule has 1 amide bonds. The predicted octanol–water partition coefficient (Wildman–Crippen LogP) is 4.07. The van der Waals surface area contributed by atoms with Gasteiger partial charge in [0.1, 0.15) is 0 Å². The highest BCUT2D eigenvalue weighted by molar-refractivity contribution is 6.30. The molecule has 3 N–H and O–H groups in total. The van der Waals surface area contributed by atoms with Crippen molar-refractivity contribution in [3.05, 3.63) is 29.3 Å². The van der Waals surface area contributed by atoms with Crippen molar-refractivity contribution in [2.45, 2.75) is 40.0 Å². The van der Waals surface area contributed by atoms with Crippen LogP contribution in [0.4, 0.5) is 5.69 Å². The maximum Gasteiger partial charge on any atom is 0.224 e. The lowest BCUT2D eigenvalue weighted by molar-refractivity contribution is -0.116. The van der Waals surface area contributed by atoms with E-state index in [2.05, 4.69) is 26.1 Å². The first-order valence-electron chi connectivity index (χ1n) is 7.08. The highest BCUT2D eigenvalue weighted by Gasteiger charge is 2.24. The van der Waals surface area contributed by atoms with Gasteiger partial charge in [-0.25, -0.2) is 0 Å². The number of hydrogen-bond donors (Lipinski definition) is 2. The third-order valence-corrected chi connectivity index (χ3v) is 3.80. The van der Waals surface area contributed by atoms with Gasteiger partial charge in [0.05, 0.1) is 0 Å². The molecule has 0 radical (unpaired) electrons.